The third kappa shape index (κ3) is 5.01. The van der Waals surface area contributed by atoms with E-state index in [1.807, 2.05) is 17.5 Å². The standard InChI is InChI=1S/C21H15N5O3S2/c22-10-14-18(16-2-1-8-30-16)15(11-23)20(26-19(14)24)31-9-7-17(27)25-13-5-3-12(4-6-13)21(28)29/h1-6,8H,7,9H2,(H2,24,26)(H,25,27)(H,28,29). The first-order valence-corrected chi connectivity index (χ1v) is 10.7. The van der Waals surface area contributed by atoms with E-state index < -0.39 is 5.97 Å². The average molecular weight is 450 g/mol. The largest absolute Gasteiger partial charge is 0.478 e. The van der Waals surface area contributed by atoms with Crippen molar-refractivity contribution in [3.8, 4) is 22.6 Å². The van der Waals surface area contributed by atoms with Gasteiger partial charge in [-0.15, -0.1) is 23.1 Å². The number of rotatable bonds is 7. The molecule has 0 aliphatic rings. The van der Waals surface area contributed by atoms with Gasteiger partial charge in [-0.3, -0.25) is 4.79 Å². The fourth-order valence-corrected chi connectivity index (χ4v) is 4.45. The van der Waals surface area contributed by atoms with Gasteiger partial charge in [0.1, 0.15) is 28.5 Å². The number of thiophene rings is 1. The minimum Gasteiger partial charge on any atom is -0.478 e. The van der Waals surface area contributed by atoms with Crippen LogP contribution in [-0.4, -0.2) is 27.7 Å². The van der Waals surface area contributed by atoms with E-state index in [0.29, 0.717) is 22.0 Å². The number of nitrogens with two attached hydrogens (primary N) is 1. The molecule has 2 heterocycles. The molecule has 3 rings (SSSR count). The maximum atomic E-state index is 12.2. The molecule has 1 aromatic carbocycles. The van der Waals surface area contributed by atoms with Crippen LogP contribution in [-0.2, 0) is 4.79 Å². The van der Waals surface area contributed by atoms with Crippen molar-refractivity contribution in [2.45, 2.75) is 11.4 Å². The molecule has 1 amide bonds. The lowest BCUT2D eigenvalue weighted by Gasteiger charge is -2.11. The van der Waals surface area contributed by atoms with E-state index in [9.17, 15) is 20.1 Å². The molecule has 0 saturated heterocycles. The summed E-state index contributed by atoms with van der Waals surface area (Å²) in [7, 11) is 0. The van der Waals surface area contributed by atoms with E-state index in [2.05, 4.69) is 16.4 Å². The van der Waals surface area contributed by atoms with Crippen LogP contribution in [0, 0.1) is 22.7 Å². The van der Waals surface area contributed by atoms with E-state index in [4.69, 9.17) is 10.8 Å². The van der Waals surface area contributed by atoms with Crippen LogP contribution in [0.15, 0.2) is 46.8 Å². The van der Waals surface area contributed by atoms with Gasteiger partial charge < -0.3 is 16.2 Å². The highest BCUT2D eigenvalue weighted by Gasteiger charge is 2.21. The summed E-state index contributed by atoms with van der Waals surface area (Å²) in [5.74, 6) is -0.945. The number of thioether (sulfide) groups is 1. The van der Waals surface area contributed by atoms with Crippen LogP contribution >= 0.6 is 23.1 Å². The van der Waals surface area contributed by atoms with Gasteiger partial charge in [0.15, 0.2) is 0 Å². The molecule has 0 radical (unpaired) electrons. The number of aromatic carboxylic acids is 1. The molecule has 0 aliphatic carbocycles. The van der Waals surface area contributed by atoms with Crippen molar-refractivity contribution in [3.05, 3.63) is 58.5 Å². The minimum atomic E-state index is -1.04. The number of hydrogen-bond donors (Lipinski definition) is 3. The lowest BCUT2D eigenvalue weighted by atomic mass is 10.0. The Labute approximate surface area is 186 Å². The van der Waals surface area contributed by atoms with E-state index in [0.717, 1.165) is 4.88 Å². The fraction of sp³-hybridized carbons (Fsp3) is 0.0952. The number of nitrogens with one attached hydrogen (secondary N) is 1. The van der Waals surface area contributed by atoms with Crippen molar-refractivity contribution in [1.82, 2.24) is 4.98 Å². The minimum absolute atomic E-state index is 0.0374. The predicted molar refractivity (Wildman–Crippen MR) is 119 cm³/mol. The molecule has 0 atom stereocenters. The van der Waals surface area contributed by atoms with E-state index in [1.165, 1.54) is 47.4 Å². The number of aromatic nitrogens is 1. The molecule has 3 aromatic rings. The SMILES string of the molecule is N#Cc1c(N)nc(SCCC(=O)Nc2ccc(C(=O)O)cc2)c(C#N)c1-c1cccs1. The molecular formula is C21H15N5O3S2. The Kier molecular flexibility index (Phi) is 6.88. The lowest BCUT2D eigenvalue weighted by Crippen LogP contribution is -2.12. The molecule has 31 heavy (non-hydrogen) atoms. The first kappa shape index (κ1) is 21.8. The maximum absolute atomic E-state index is 12.2. The molecule has 2 aromatic heterocycles. The Bertz CT molecular complexity index is 1210. The van der Waals surface area contributed by atoms with Crippen LogP contribution in [0.1, 0.15) is 27.9 Å². The second-order valence-corrected chi connectivity index (χ2v) is 8.19. The molecule has 0 aliphatic heterocycles. The molecular weight excluding hydrogens is 434 g/mol. The number of carboxylic acids is 1. The van der Waals surface area contributed by atoms with E-state index in [-0.39, 0.29) is 34.8 Å². The van der Waals surface area contributed by atoms with Gasteiger partial charge >= 0.3 is 5.97 Å². The van der Waals surface area contributed by atoms with Gasteiger partial charge in [-0.1, -0.05) is 6.07 Å². The predicted octanol–water partition coefficient (Wildman–Crippen LogP) is 3.95. The highest BCUT2D eigenvalue weighted by Crippen LogP contribution is 2.37. The first-order chi connectivity index (χ1) is 14.9. The number of carbonyl (C=O) groups excluding carboxylic acids is 1. The summed E-state index contributed by atoms with van der Waals surface area (Å²) in [6, 6.07) is 13.6. The van der Waals surface area contributed by atoms with Crippen molar-refractivity contribution < 1.29 is 14.7 Å². The zero-order valence-electron chi connectivity index (χ0n) is 16.0. The summed E-state index contributed by atoms with van der Waals surface area (Å²) in [4.78, 5) is 28.0. The molecule has 154 valence electrons. The van der Waals surface area contributed by atoms with Gasteiger partial charge in [0, 0.05) is 28.3 Å². The highest BCUT2D eigenvalue weighted by molar-refractivity contribution is 7.99. The molecule has 8 nitrogen and oxygen atoms in total. The Hall–Kier alpha value is -3.86. The quantitative estimate of drug-likeness (QED) is 0.458. The second-order valence-electron chi connectivity index (χ2n) is 6.16. The van der Waals surface area contributed by atoms with Crippen molar-refractivity contribution >= 4 is 46.5 Å². The summed E-state index contributed by atoms with van der Waals surface area (Å²) < 4.78 is 0. The number of nitrogen functional groups attached to an aromatic ring is 1. The summed E-state index contributed by atoms with van der Waals surface area (Å²) >= 11 is 2.59. The molecule has 0 bridgehead atoms. The van der Waals surface area contributed by atoms with Gasteiger partial charge in [0.25, 0.3) is 0 Å². The summed E-state index contributed by atoms with van der Waals surface area (Å²) in [6.45, 7) is 0. The Morgan fingerprint density at radius 1 is 1.16 bits per heavy atom. The maximum Gasteiger partial charge on any atom is 0.335 e. The Balaban J connectivity index is 1.72. The van der Waals surface area contributed by atoms with Crippen LogP contribution in [0.25, 0.3) is 10.4 Å². The molecule has 0 fully saturated rings. The summed E-state index contributed by atoms with van der Waals surface area (Å²) in [5, 5.41) is 33.0. The zero-order valence-corrected chi connectivity index (χ0v) is 17.6. The normalized spacial score (nSPS) is 10.1. The topological polar surface area (TPSA) is 153 Å². The van der Waals surface area contributed by atoms with Crippen LogP contribution in [0.3, 0.4) is 0 Å². The molecule has 0 unspecified atom stereocenters. The van der Waals surface area contributed by atoms with E-state index in [1.54, 1.807) is 6.07 Å². The lowest BCUT2D eigenvalue weighted by molar-refractivity contribution is -0.115. The smallest absolute Gasteiger partial charge is 0.335 e. The Morgan fingerprint density at radius 3 is 2.45 bits per heavy atom. The number of carbonyl (C=O) groups is 2. The van der Waals surface area contributed by atoms with Crippen molar-refractivity contribution in [1.29, 1.82) is 10.5 Å². The fourth-order valence-electron chi connectivity index (χ4n) is 2.73. The number of carboxylic acid groups (broad SMARTS) is 1. The number of anilines is 2. The number of hydrogen-bond acceptors (Lipinski definition) is 8. The van der Waals surface area contributed by atoms with Crippen molar-refractivity contribution in [2.75, 3.05) is 16.8 Å². The van der Waals surface area contributed by atoms with Gasteiger partial charge in [-0.25, -0.2) is 9.78 Å². The van der Waals surface area contributed by atoms with Crippen LogP contribution in [0.5, 0.6) is 0 Å². The third-order valence-corrected chi connectivity index (χ3v) is 6.03. The van der Waals surface area contributed by atoms with Crippen molar-refractivity contribution in [2.24, 2.45) is 0 Å². The summed E-state index contributed by atoms with van der Waals surface area (Å²) in [5.41, 5.74) is 7.44. The van der Waals surface area contributed by atoms with Gasteiger partial charge in [-0.2, -0.15) is 10.5 Å². The van der Waals surface area contributed by atoms with E-state index >= 15 is 0 Å². The van der Waals surface area contributed by atoms with Crippen molar-refractivity contribution in [3.63, 3.8) is 0 Å². The number of nitriles is 2. The molecule has 0 spiro atoms. The third-order valence-electron chi connectivity index (χ3n) is 4.17. The summed E-state index contributed by atoms with van der Waals surface area (Å²) in [6.07, 6.45) is 0.131. The average Bonchev–Trinajstić information content (AvgIpc) is 3.28. The number of amides is 1. The first-order valence-electron chi connectivity index (χ1n) is 8.88. The van der Waals surface area contributed by atoms with Crippen LogP contribution in [0.4, 0.5) is 11.5 Å². The number of pyridine rings is 1. The molecule has 0 saturated carbocycles. The molecule has 10 heteroatoms. The van der Waals surface area contributed by atoms with Gasteiger partial charge in [-0.05, 0) is 35.7 Å². The number of benzene rings is 1. The van der Waals surface area contributed by atoms with Gasteiger partial charge in [0.2, 0.25) is 5.91 Å². The number of nitrogens with zero attached hydrogens (tertiary/aromatic N) is 3. The Morgan fingerprint density at radius 2 is 1.87 bits per heavy atom. The van der Waals surface area contributed by atoms with Gasteiger partial charge in [0.05, 0.1) is 11.1 Å². The van der Waals surface area contributed by atoms with Crippen LogP contribution < -0.4 is 11.1 Å². The zero-order chi connectivity index (χ0) is 22.4. The second kappa shape index (κ2) is 9.76. The molecule has 4 N–H and O–H groups in total. The highest BCUT2D eigenvalue weighted by atomic mass is 32.2. The monoisotopic (exact) mass is 449 g/mol. The van der Waals surface area contributed by atoms with Crippen LogP contribution in [0.2, 0.25) is 0 Å².